The van der Waals surface area contributed by atoms with Crippen LogP contribution in [-0.2, 0) is 0 Å². The summed E-state index contributed by atoms with van der Waals surface area (Å²) >= 11 is 0. The summed E-state index contributed by atoms with van der Waals surface area (Å²) < 4.78 is 0. The first-order valence-electron chi connectivity index (χ1n) is 7.87. The predicted octanol–water partition coefficient (Wildman–Crippen LogP) is 2.61. The van der Waals surface area contributed by atoms with E-state index in [0.717, 1.165) is 24.2 Å². The highest BCUT2D eigenvalue weighted by Gasteiger charge is 2.38. The molecule has 0 spiro atoms. The minimum atomic E-state index is -0.324. The summed E-state index contributed by atoms with van der Waals surface area (Å²) in [5.41, 5.74) is 2.25. The van der Waals surface area contributed by atoms with E-state index in [4.69, 9.17) is 0 Å². The SMILES string of the molecule is Cc1cc(C)c(C(=O)N(C)C(c2ccccn2)C2CC2)c(=O)[nH]1. The topological polar surface area (TPSA) is 66.1 Å². The van der Waals surface area contributed by atoms with E-state index in [1.165, 1.54) is 0 Å². The molecule has 0 bridgehead atoms. The number of hydrogen-bond donors (Lipinski definition) is 1. The zero-order valence-corrected chi connectivity index (χ0v) is 13.7. The van der Waals surface area contributed by atoms with E-state index in [0.29, 0.717) is 11.5 Å². The summed E-state index contributed by atoms with van der Waals surface area (Å²) in [7, 11) is 1.76. The molecule has 0 aromatic carbocycles. The summed E-state index contributed by atoms with van der Waals surface area (Å²) in [4.78, 5) is 34.0. The van der Waals surface area contributed by atoms with Crippen molar-refractivity contribution in [3.8, 4) is 0 Å². The quantitative estimate of drug-likeness (QED) is 0.944. The first-order chi connectivity index (χ1) is 11.0. The van der Waals surface area contributed by atoms with Gasteiger partial charge in [0.2, 0.25) is 0 Å². The molecular formula is C18H21N3O2. The minimum absolute atomic E-state index is 0.0798. The Morgan fingerprint density at radius 2 is 2.09 bits per heavy atom. The number of nitrogens with one attached hydrogen (secondary N) is 1. The summed E-state index contributed by atoms with van der Waals surface area (Å²) in [6.07, 6.45) is 3.91. The van der Waals surface area contributed by atoms with E-state index < -0.39 is 0 Å². The third-order valence-corrected chi connectivity index (χ3v) is 4.38. The number of aromatic nitrogens is 2. The first-order valence-corrected chi connectivity index (χ1v) is 7.87. The van der Waals surface area contributed by atoms with E-state index >= 15 is 0 Å². The van der Waals surface area contributed by atoms with Gasteiger partial charge in [0.1, 0.15) is 5.56 Å². The number of carbonyl (C=O) groups excluding carboxylic acids is 1. The largest absolute Gasteiger partial charge is 0.333 e. The fraction of sp³-hybridized carbons (Fsp3) is 0.389. The second-order valence-electron chi connectivity index (χ2n) is 6.29. The Kier molecular flexibility index (Phi) is 4.03. The van der Waals surface area contributed by atoms with Crippen molar-refractivity contribution in [3.63, 3.8) is 0 Å². The van der Waals surface area contributed by atoms with E-state index in [1.807, 2.05) is 31.2 Å². The lowest BCUT2D eigenvalue weighted by atomic mass is 10.0. The third kappa shape index (κ3) is 3.04. The average molecular weight is 311 g/mol. The highest BCUT2D eigenvalue weighted by molar-refractivity contribution is 5.95. The van der Waals surface area contributed by atoms with Crippen molar-refractivity contribution in [2.24, 2.45) is 5.92 Å². The van der Waals surface area contributed by atoms with Gasteiger partial charge < -0.3 is 9.88 Å². The van der Waals surface area contributed by atoms with Gasteiger partial charge in [-0.05, 0) is 56.4 Å². The maximum atomic E-state index is 12.9. The fourth-order valence-corrected chi connectivity index (χ4v) is 3.14. The van der Waals surface area contributed by atoms with Crippen LogP contribution >= 0.6 is 0 Å². The lowest BCUT2D eigenvalue weighted by Crippen LogP contribution is -2.37. The van der Waals surface area contributed by atoms with Crippen LogP contribution in [0, 0.1) is 19.8 Å². The zero-order chi connectivity index (χ0) is 16.6. The van der Waals surface area contributed by atoms with Crippen molar-refractivity contribution < 1.29 is 4.79 Å². The molecule has 1 fully saturated rings. The summed E-state index contributed by atoms with van der Waals surface area (Å²) in [6.45, 7) is 3.61. The maximum absolute atomic E-state index is 12.9. The highest BCUT2D eigenvalue weighted by Crippen LogP contribution is 2.43. The van der Waals surface area contributed by atoms with E-state index in [-0.39, 0.29) is 23.1 Å². The molecule has 120 valence electrons. The molecule has 3 rings (SSSR count). The smallest absolute Gasteiger partial charge is 0.261 e. The van der Waals surface area contributed by atoms with Crippen LogP contribution in [0.5, 0.6) is 0 Å². The average Bonchev–Trinajstić information content (AvgIpc) is 3.32. The molecule has 2 aromatic heterocycles. The molecule has 1 amide bonds. The lowest BCUT2D eigenvalue weighted by molar-refractivity contribution is 0.0704. The molecule has 1 N–H and O–H groups in total. The number of carbonyl (C=O) groups is 1. The van der Waals surface area contributed by atoms with Crippen molar-refractivity contribution in [1.29, 1.82) is 0 Å². The van der Waals surface area contributed by atoms with Crippen LogP contribution in [0.3, 0.4) is 0 Å². The summed E-state index contributed by atoms with van der Waals surface area (Å²) in [5, 5.41) is 0. The molecule has 5 nitrogen and oxygen atoms in total. The fourth-order valence-electron chi connectivity index (χ4n) is 3.14. The van der Waals surface area contributed by atoms with Crippen molar-refractivity contribution in [1.82, 2.24) is 14.9 Å². The highest BCUT2D eigenvalue weighted by atomic mass is 16.2. The zero-order valence-electron chi connectivity index (χ0n) is 13.7. The predicted molar refractivity (Wildman–Crippen MR) is 88.3 cm³/mol. The van der Waals surface area contributed by atoms with Crippen molar-refractivity contribution in [2.75, 3.05) is 7.05 Å². The lowest BCUT2D eigenvalue weighted by Gasteiger charge is -2.28. The normalized spacial score (nSPS) is 15.3. The number of pyridine rings is 2. The molecule has 23 heavy (non-hydrogen) atoms. The van der Waals surface area contributed by atoms with Gasteiger partial charge in [-0.1, -0.05) is 6.07 Å². The van der Waals surface area contributed by atoms with Gasteiger partial charge in [0.15, 0.2) is 0 Å². The third-order valence-electron chi connectivity index (χ3n) is 4.38. The minimum Gasteiger partial charge on any atom is -0.333 e. The Balaban J connectivity index is 1.97. The number of aryl methyl sites for hydroxylation is 2. The van der Waals surface area contributed by atoms with Crippen LogP contribution in [0.4, 0.5) is 0 Å². The van der Waals surface area contributed by atoms with Gasteiger partial charge >= 0.3 is 0 Å². The summed E-state index contributed by atoms with van der Waals surface area (Å²) in [6, 6.07) is 7.49. The van der Waals surface area contributed by atoms with Gasteiger partial charge in [-0.15, -0.1) is 0 Å². The van der Waals surface area contributed by atoms with E-state index in [1.54, 1.807) is 25.1 Å². The number of H-pyrrole nitrogens is 1. The Morgan fingerprint density at radius 3 is 2.65 bits per heavy atom. The van der Waals surface area contributed by atoms with Gasteiger partial charge in [0, 0.05) is 18.9 Å². The maximum Gasteiger partial charge on any atom is 0.261 e. The van der Waals surface area contributed by atoms with E-state index in [9.17, 15) is 9.59 Å². The van der Waals surface area contributed by atoms with Crippen LogP contribution in [0.15, 0.2) is 35.3 Å². The molecule has 1 saturated carbocycles. The molecule has 0 saturated heterocycles. The number of hydrogen-bond acceptors (Lipinski definition) is 3. The van der Waals surface area contributed by atoms with E-state index in [2.05, 4.69) is 9.97 Å². The second-order valence-corrected chi connectivity index (χ2v) is 6.29. The van der Waals surface area contributed by atoms with Gasteiger partial charge in [0.05, 0.1) is 11.7 Å². The number of rotatable bonds is 4. The Morgan fingerprint density at radius 1 is 1.35 bits per heavy atom. The molecule has 1 aliphatic rings. The van der Waals surface area contributed by atoms with Crippen molar-refractivity contribution in [2.45, 2.75) is 32.7 Å². The van der Waals surface area contributed by atoms with Gasteiger partial charge in [-0.3, -0.25) is 14.6 Å². The van der Waals surface area contributed by atoms with Crippen LogP contribution in [0.25, 0.3) is 0 Å². The van der Waals surface area contributed by atoms with Gasteiger partial charge in [-0.2, -0.15) is 0 Å². The summed E-state index contributed by atoms with van der Waals surface area (Å²) in [5.74, 6) is 0.176. The molecule has 2 heterocycles. The van der Waals surface area contributed by atoms with Crippen LogP contribution in [0.2, 0.25) is 0 Å². The number of amides is 1. The molecule has 0 radical (unpaired) electrons. The van der Waals surface area contributed by atoms with Gasteiger partial charge in [0.25, 0.3) is 11.5 Å². The Bertz CT molecular complexity index is 779. The molecule has 1 aliphatic carbocycles. The molecule has 1 atom stereocenters. The first kappa shape index (κ1) is 15.5. The molecule has 2 aromatic rings. The van der Waals surface area contributed by atoms with Gasteiger partial charge in [-0.25, -0.2) is 0 Å². The Hall–Kier alpha value is -2.43. The van der Waals surface area contributed by atoms with Crippen LogP contribution < -0.4 is 5.56 Å². The molecular weight excluding hydrogens is 290 g/mol. The molecule has 5 heteroatoms. The van der Waals surface area contributed by atoms with Crippen molar-refractivity contribution >= 4 is 5.91 Å². The standard InChI is InChI=1S/C18H21N3O2/c1-11-10-12(2)20-17(22)15(11)18(23)21(3)16(13-7-8-13)14-6-4-5-9-19-14/h4-6,9-10,13,16H,7-8H2,1-3H3,(H,20,22). The Labute approximate surface area is 135 Å². The number of nitrogens with zero attached hydrogens (tertiary/aromatic N) is 2. The monoisotopic (exact) mass is 311 g/mol. The van der Waals surface area contributed by atoms with Crippen LogP contribution in [-0.4, -0.2) is 27.8 Å². The van der Waals surface area contributed by atoms with Crippen molar-refractivity contribution in [3.05, 3.63) is 63.3 Å². The number of aromatic amines is 1. The molecule has 1 unspecified atom stereocenters. The second kappa shape index (κ2) is 5.99. The van der Waals surface area contributed by atoms with Crippen LogP contribution in [0.1, 0.15) is 46.2 Å². The molecule has 0 aliphatic heterocycles.